The Morgan fingerprint density at radius 2 is 2.28 bits per heavy atom. The van der Waals surface area contributed by atoms with E-state index in [2.05, 4.69) is 5.32 Å². The van der Waals surface area contributed by atoms with E-state index in [9.17, 15) is 9.90 Å². The van der Waals surface area contributed by atoms with Crippen LogP contribution >= 0.6 is 11.6 Å². The molecular weight excluding hydrogens is 252 g/mol. The number of nitrogens with one attached hydrogen (secondary N) is 1. The molecule has 0 aliphatic carbocycles. The van der Waals surface area contributed by atoms with Gasteiger partial charge in [-0.1, -0.05) is 18.5 Å². The topological polar surface area (TPSA) is 73.1 Å². The van der Waals surface area contributed by atoms with Gasteiger partial charge in [-0.05, 0) is 31.0 Å². The molecular formula is C13H15ClN2O2. The lowest BCUT2D eigenvalue weighted by molar-refractivity contribution is -0.110. The van der Waals surface area contributed by atoms with Crippen molar-refractivity contribution in [3.63, 3.8) is 0 Å². The average molecular weight is 267 g/mol. The van der Waals surface area contributed by atoms with Crippen LogP contribution in [0.4, 0.5) is 5.69 Å². The van der Waals surface area contributed by atoms with Gasteiger partial charge in [0.15, 0.2) is 0 Å². The minimum Gasteiger partial charge on any atom is -0.391 e. The number of aliphatic hydroxyl groups excluding tert-OH is 1. The second-order valence-electron chi connectivity index (χ2n) is 3.97. The van der Waals surface area contributed by atoms with E-state index >= 15 is 0 Å². The molecule has 1 aromatic rings. The van der Waals surface area contributed by atoms with Crippen LogP contribution in [0.2, 0.25) is 5.02 Å². The Balaban J connectivity index is 3.14. The summed E-state index contributed by atoms with van der Waals surface area (Å²) < 4.78 is 0. The summed E-state index contributed by atoms with van der Waals surface area (Å²) in [6.07, 6.45) is 0.472. The zero-order valence-electron chi connectivity index (χ0n) is 10.3. The van der Waals surface area contributed by atoms with E-state index in [-0.39, 0.29) is 0 Å². The summed E-state index contributed by atoms with van der Waals surface area (Å²) in [6.45, 7) is 3.44. The molecule has 0 aliphatic rings. The van der Waals surface area contributed by atoms with Crippen LogP contribution in [0.25, 0.3) is 0 Å². The zero-order chi connectivity index (χ0) is 13.7. The molecule has 5 heteroatoms. The zero-order valence-corrected chi connectivity index (χ0v) is 11.0. The fourth-order valence-corrected chi connectivity index (χ4v) is 1.98. The van der Waals surface area contributed by atoms with Crippen LogP contribution in [0.5, 0.6) is 0 Å². The number of nitriles is 1. The molecule has 0 saturated heterocycles. The first-order valence-corrected chi connectivity index (χ1v) is 6.04. The largest absolute Gasteiger partial charge is 0.391 e. The Morgan fingerprint density at radius 1 is 1.61 bits per heavy atom. The highest BCUT2D eigenvalue weighted by Gasteiger charge is 2.17. The molecule has 1 aromatic carbocycles. The van der Waals surface area contributed by atoms with Gasteiger partial charge in [0.1, 0.15) is 18.4 Å². The third-order valence-electron chi connectivity index (χ3n) is 2.71. The lowest BCUT2D eigenvalue weighted by Crippen LogP contribution is -2.33. The van der Waals surface area contributed by atoms with Crippen molar-refractivity contribution in [1.29, 1.82) is 5.26 Å². The fourth-order valence-electron chi connectivity index (χ4n) is 1.64. The summed E-state index contributed by atoms with van der Waals surface area (Å²) in [6, 6.07) is 4.60. The van der Waals surface area contributed by atoms with E-state index in [1.165, 1.54) is 6.92 Å². The van der Waals surface area contributed by atoms with Crippen molar-refractivity contribution >= 4 is 23.6 Å². The SMILES string of the molecule is CCc1c(N[C@@H](C=O)[C@H](C)O)ccc(C#N)c1Cl. The van der Waals surface area contributed by atoms with Crippen LogP contribution in [-0.2, 0) is 11.2 Å². The highest BCUT2D eigenvalue weighted by atomic mass is 35.5. The van der Waals surface area contributed by atoms with Crippen LogP contribution in [0.3, 0.4) is 0 Å². The van der Waals surface area contributed by atoms with Gasteiger partial charge in [-0.25, -0.2) is 0 Å². The standard InChI is InChI=1S/C13H15ClN2O2/c1-3-10-11(16-12(7-17)8(2)18)5-4-9(6-15)13(10)14/h4-5,7-8,12,16,18H,3H2,1-2H3/t8-,12-/m0/s1. The average Bonchev–Trinajstić information content (AvgIpc) is 2.35. The summed E-state index contributed by atoms with van der Waals surface area (Å²) in [5.74, 6) is 0. The predicted octanol–water partition coefficient (Wildman–Crippen LogP) is 2.13. The smallest absolute Gasteiger partial charge is 0.144 e. The lowest BCUT2D eigenvalue weighted by atomic mass is 10.1. The van der Waals surface area contributed by atoms with Crippen molar-refractivity contribution in [1.82, 2.24) is 0 Å². The molecule has 0 radical (unpaired) electrons. The highest BCUT2D eigenvalue weighted by Crippen LogP contribution is 2.29. The number of hydrogen-bond acceptors (Lipinski definition) is 4. The minimum atomic E-state index is -0.804. The monoisotopic (exact) mass is 266 g/mol. The van der Waals surface area contributed by atoms with Crippen LogP contribution < -0.4 is 5.32 Å². The molecule has 0 amide bonds. The van der Waals surface area contributed by atoms with Crippen LogP contribution in [-0.4, -0.2) is 23.5 Å². The molecule has 0 aliphatic heterocycles. The van der Waals surface area contributed by atoms with Crippen LogP contribution in [0, 0.1) is 11.3 Å². The molecule has 4 nitrogen and oxygen atoms in total. The summed E-state index contributed by atoms with van der Waals surface area (Å²) in [5.41, 5.74) is 1.83. The van der Waals surface area contributed by atoms with Crippen molar-refractivity contribution in [3.05, 3.63) is 28.3 Å². The maximum absolute atomic E-state index is 10.9. The number of hydrogen-bond donors (Lipinski definition) is 2. The van der Waals surface area contributed by atoms with Crippen LogP contribution in [0.15, 0.2) is 12.1 Å². The first-order chi connectivity index (χ1) is 8.54. The number of anilines is 1. The van der Waals surface area contributed by atoms with E-state index < -0.39 is 12.1 Å². The van der Waals surface area contributed by atoms with Crippen molar-refractivity contribution in [3.8, 4) is 6.07 Å². The van der Waals surface area contributed by atoms with Crippen molar-refractivity contribution in [2.75, 3.05) is 5.32 Å². The van der Waals surface area contributed by atoms with Gasteiger partial charge in [-0.15, -0.1) is 0 Å². The Bertz CT molecular complexity index is 481. The molecule has 0 aromatic heterocycles. The van der Waals surface area contributed by atoms with Gasteiger partial charge in [-0.3, -0.25) is 0 Å². The van der Waals surface area contributed by atoms with E-state index in [0.717, 1.165) is 5.56 Å². The normalized spacial score (nSPS) is 13.5. The third-order valence-corrected chi connectivity index (χ3v) is 3.14. The lowest BCUT2D eigenvalue weighted by Gasteiger charge is -2.19. The summed E-state index contributed by atoms with van der Waals surface area (Å²) in [7, 11) is 0. The molecule has 0 fully saturated rings. The number of carbonyl (C=O) groups is 1. The van der Waals surface area contributed by atoms with Gasteiger partial charge in [0.2, 0.25) is 0 Å². The number of benzene rings is 1. The number of aldehydes is 1. The van der Waals surface area contributed by atoms with Crippen LogP contribution in [0.1, 0.15) is 25.0 Å². The predicted molar refractivity (Wildman–Crippen MR) is 70.7 cm³/mol. The maximum atomic E-state index is 10.9. The molecule has 0 saturated carbocycles. The third kappa shape index (κ3) is 3.00. The first kappa shape index (κ1) is 14.5. The maximum Gasteiger partial charge on any atom is 0.144 e. The number of halogens is 1. The van der Waals surface area contributed by atoms with Crippen molar-refractivity contribution in [2.45, 2.75) is 32.4 Å². The molecule has 18 heavy (non-hydrogen) atoms. The molecule has 1 rings (SSSR count). The highest BCUT2D eigenvalue weighted by molar-refractivity contribution is 6.33. The van der Waals surface area contributed by atoms with E-state index in [1.54, 1.807) is 12.1 Å². The fraction of sp³-hybridized carbons (Fsp3) is 0.385. The summed E-state index contributed by atoms with van der Waals surface area (Å²) in [4.78, 5) is 10.9. The second-order valence-corrected chi connectivity index (χ2v) is 4.34. The molecule has 0 spiro atoms. The summed E-state index contributed by atoms with van der Waals surface area (Å²) >= 11 is 6.11. The van der Waals surface area contributed by atoms with Gasteiger partial charge in [0, 0.05) is 5.69 Å². The molecule has 0 heterocycles. The molecule has 0 bridgehead atoms. The van der Waals surface area contributed by atoms with Crippen molar-refractivity contribution < 1.29 is 9.90 Å². The Hall–Kier alpha value is -1.57. The van der Waals surface area contributed by atoms with Gasteiger partial charge in [-0.2, -0.15) is 5.26 Å². The molecule has 0 unspecified atom stereocenters. The number of aliphatic hydroxyl groups is 1. The molecule has 96 valence electrons. The van der Waals surface area contributed by atoms with E-state index in [0.29, 0.717) is 29.0 Å². The Kier molecular flexibility index (Phi) is 5.14. The quantitative estimate of drug-likeness (QED) is 0.801. The van der Waals surface area contributed by atoms with E-state index in [1.807, 2.05) is 13.0 Å². The van der Waals surface area contributed by atoms with Gasteiger partial charge >= 0.3 is 0 Å². The summed E-state index contributed by atoms with van der Waals surface area (Å²) in [5, 5.41) is 21.6. The number of carbonyl (C=O) groups excluding carboxylic acids is 1. The second kappa shape index (κ2) is 6.39. The van der Waals surface area contributed by atoms with Gasteiger partial charge < -0.3 is 15.2 Å². The van der Waals surface area contributed by atoms with Gasteiger partial charge in [0.25, 0.3) is 0 Å². The Labute approximate surface area is 111 Å². The van der Waals surface area contributed by atoms with E-state index in [4.69, 9.17) is 16.9 Å². The van der Waals surface area contributed by atoms with Crippen molar-refractivity contribution in [2.24, 2.45) is 0 Å². The first-order valence-electron chi connectivity index (χ1n) is 5.66. The minimum absolute atomic E-state index is 0.389. The molecule has 2 atom stereocenters. The Morgan fingerprint density at radius 3 is 2.72 bits per heavy atom. The number of nitrogens with zero attached hydrogens (tertiary/aromatic N) is 1. The number of rotatable bonds is 5. The van der Waals surface area contributed by atoms with Gasteiger partial charge in [0.05, 0.1) is 16.7 Å². The molecule has 2 N–H and O–H groups in total.